The molecule has 0 bridgehead atoms. The van der Waals surface area contributed by atoms with Gasteiger partial charge in [0.15, 0.2) is 9.77 Å². The Kier molecular flexibility index (Phi) is 6.02. The minimum Gasteiger partial charge on any atom is -0.497 e. The highest BCUT2D eigenvalue weighted by Crippen LogP contribution is 2.43. The van der Waals surface area contributed by atoms with Gasteiger partial charge in [-0.1, -0.05) is 77.2 Å². The topological polar surface area (TPSA) is 85.5 Å². The minimum atomic E-state index is -0.700. The minimum absolute atomic E-state index is 0.0378. The van der Waals surface area contributed by atoms with Gasteiger partial charge in [0.25, 0.3) is 5.91 Å². The summed E-state index contributed by atoms with van der Waals surface area (Å²) >= 11 is 2.87. The van der Waals surface area contributed by atoms with E-state index in [9.17, 15) is 9.59 Å². The first-order chi connectivity index (χ1) is 18.0. The highest BCUT2D eigenvalue weighted by atomic mass is 32.2. The number of benzene rings is 3. The van der Waals surface area contributed by atoms with Crippen LogP contribution in [0.2, 0.25) is 0 Å². The Balaban J connectivity index is 1.45. The molecule has 6 rings (SSSR count). The number of thioether (sulfide) groups is 1. The van der Waals surface area contributed by atoms with Crippen molar-refractivity contribution in [2.75, 3.05) is 12.0 Å². The van der Waals surface area contributed by atoms with Gasteiger partial charge in [-0.15, -0.1) is 10.2 Å². The Labute approximate surface area is 220 Å². The van der Waals surface area contributed by atoms with Crippen LogP contribution in [0.25, 0.3) is 11.0 Å². The van der Waals surface area contributed by atoms with Gasteiger partial charge in [0.1, 0.15) is 11.3 Å². The molecule has 1 atom stereocenters. The number of ether oxygens (including phenoxy) is 1. The zero-order chi connectivity index (χ0) is 25.5. The second-order valence-corrected chi connectivity index (χ2v) is 10.8. The first-order valence-corrected chi connectivity index (χ1v) is 13.4. The molecule has 0 fully saturated rings. The zero-order valence-corrected chi connectivity index (χ0v) is 21.6. The van der Waals surface area contributed by atoms with Crippen LogP contribution in [0.5, 0.6) is 5.75 Å². The number of carbonyl (C=O) groups is 1. The summed E-state index contributed by atoms with van der Waals surface area (Å²) in [6, 6.07) is 22.1. The highest BCUT2D eigenvalue weighted by molar-refractivity contribution is 8.00. The number of amides is 1. The standard InChI is InChI=1S/C28H21N3O4S2/c1-16-8-13-21-20(14-16)24(32)22-23(18-9-11-19(34-2)12-10-18)31(26(33)25(22)35-21)27-29-30-28(37-27)36-15-17-6-4-3-5-7-17/h3-14,23H,15H2,1-2H3/t23-/m0/s1. The van der Waals surface area contributed by atoms with Gasteiger partial charge in [-0.2, -0.15) is 0 Å². The molecule has 0 saturated heterocycles. The molecule has 7 nitrogen and oxygen atoms in total. The van der Waals surface area contributed by atoms with Gasteiger partial charge in [0.2, 0.25) is 10.9 Å². The molecule has 1 aliphatic heterocycles. The van der Waals surface area contributed by atoms with Gasteiger partial charge in [0, 0.05) is 5.75 Å². The molecule has 3 heterocycles. The van der Waals surface area contributed by atoms with Gasteiger partial charge in [-0.25, -0.2) is 0 Å². The van der Waals surface area contributed by atoms with Crippen LogP contribution in [0.3, 0.4) is 0 Å². The van der Waals surface area contributed by atoms with Gasteiger partial charge in [0.05, 0.1) is 24.1 Å². The third kappa shape index (κ3) is 4.20. The number of hydrogen-bond donors (Lipinski definition) is 0. The Morgan fingerprint density at radius 2 is 1.81 bits per heavy atom. The fraction of sp³-hybridized carbons (Fsp3) is 0.143. The van der Waals surface area contributed by atoms with Gasteiger partial charge in [-0.05, 0) is 42.3 Å². The lowest BCUT2D eigenvalue weighted by molar-refractivity contribution is 0.0970. The van der Waals surface area contributed by atoms with E-state index in [1.165, 1.54) is 21.8 Å². The van der Waals surface area contributed by atoms with Crippen LogP contribution >= 0.6 is 23.1 Å². The molecule has 0 radical (unpaired) electrons. The third-order valence-electron chi connectivity index (χ3n) is 6.26. The predicted octanol–water partition coefficient (Wildman–Crippen LogP) is 6.00. The van der Waals surface area contributed by atoms with Gasteiger partial charge < -0.3 is 9.15 Å². The van der Waals surface area contributed by atoms with E-state index >= 15 is 0 Å². The summed E-state index contributed by atoms with van der Waals surface area (Å²) in [5.74, 6) is 1.04. The molecule has 0 N–H and O–H groups in total. The molecule has 0 spiro atoms. The molecule has 1 aliphatic rings. The van der Waals surface area contributed by atoms with Crippen molar-refractivity contribution in [3.8, 4) is 5.75 Å². The second kappa shape index (κ2) is 9.49. The van der Waals surface area contributed by atoms with E-state index in [0.29, 0.717) is 27.4 Å². The quantitative estimate of drug-likeness (QED) is 0.198. The summed E-state index contributed by atoms with van der Waals surface area (Å²) in [5.41, 5.74) is 3.32. The molecule has 0 aliphatic carbocycles. The maximum atomic E-state index is 13.8. The highest BCUT2D eigenvalue weighted by Gasteiger charge is 2.45. The normalized spacial score (nSPS) is 14.8. The van der Waals surface area contributed by atoms with Gasteiger partial charge in [-0.3, -0.25) is 14.5 Å². The van der Waals surface area contributed by atoms with Crippen LogP contribution in [0.4, 0.5) is 5.13 Å². The zero-order valence-electron chi connectivity index (χ0n) is 20.0. The van der Waals surface area contributed by atoms with E-state index in [2.05, 4.69) is 22.3 Å². The monoisotopic (exact) mass is 527 g/mol. The lowest BCUT2D eigenvalue weighted by atomic mass is 9.98. The van der Waals surface area contributed by atoms with Crippen LogP contribution < -0.4 is 15.1 Å². The van der Waals surface area contributed by atoms with E-state index in [0.717, 1.165) is 21.2 Å². The van der Waals surface area contributed by atoms with E-state index in [1.54, 1.807) is 31.0 Å². The molecular weight excluding hydrogens is 506 g/mol. The predicted molar refractivity (Wildman–Crippen MR) is 145 cm³/mol. The van der Waals surface area contributed by atoms with Crippen LogP contribution in [0, 0.1) is 6.92 Å². The average molecular weight is 528 g/mol. The number of aromatic nitrogens is 2. The fourth-order valence-corrected chi connectivity index (χ4v) is 6.29. The van der Waals surface area contributed by atoms with Crippen molar-refractivity contribution in [1.29, 1.82) is 0 Å². The first kappa shape index (κ1) is 23.4. The number of hydrogen-bond acceptors (Lipinski definition) is 8. The second-order valence-electron chi connectivity index (χ2n) is 8.65. The van der Waals surface area contributed by atoms with Crippen molar-refractivity contribution in [2.45, 2.75) is 23.1 Å². The number of methoxy groups -OCH3 is 1. The molecule has 37 heavy (non-hydrogen) atoms. The largest absolute Gasteiger partial charge is 0.497 e. The summed E-state index contributed by atoms with van der Waals surface area (Å²) in [4.78, 5) is 29.0. The Morgan fingerprint density at radius 1 is 1.03 bits per heavy atom. The lowest BCUT2D eigenvalue weighted by Gasteiger charge is -2.22. The smallest absolute Gasteiger partial charge is 0.297 e. The van der Waals surface area contributed by atoms with E-state index in [4.69, 9.17) is 9.15 Å². The molecular formula is C28H21N3O4S2. The van der Waals surface area contributed by atoms with Crippen molar-refractivity contribution < 1.29 is 13.9 Å². The summed E-state index contributed by atoms with van der Waals surface area (Å²) in [6.45, 7) is 1.92. The number of nitrogens with zero attached hydrogens (tertiary/aromatic N) is 3. The summed E-state index contributed by atoms with van der Waals surface area (Å²) < 4.78 is 12.1. The Hall–Kier alpha value is -3.95. The summed E-state index contributed by atoms with van der Waals surface area (Å²) in [7, 11) is 1.59. The van der Waals surface area contributed by atoms with Crippen molar-refractivity contribution in [3.63, 3.8) is 0 Å². The number of carbonyl (C=O) groups excluding carboxylic acids is 1. The van der Waals surface area contributed by atoms with Crippen molar-refractivity contribution in [3.05, 3.63) is 111 Å². The first-order valence-electron chi connectivity index (χ1n) is 11.6. The summed E-state index contributed by atoms with van der Waals surface area (Å²) in [6.07, 6.45) is 0. The average Bonchev–Trinajstić information content (AvgIpc) is 3.51. The van der Waals surface area contributed by atoms with E-state index in [1.807, 2.05) is 55.5 Å². The molecule has 3 aromatic carbocycles. The molecule has 0 unspecified atom stereocenters. The third-order valence-corrected chi connectivity index (χ3v) is 8.39. The molecule has 9 heteroatoms. The van der Waals surface area contributed by atoms with E-state index < -0.39 is 11.9 Å². The molecule has 2 aromatic heterocycles. The number of anilines is 1. The van der Waals surface area contributed by atoms with Crippen molar-refractivity contribution in [2.24, 2.45) is 0 Å². The number of aryl methyl sites for hydroxylation is 1. The van der Waals surface area contributed by atoms with Gasteiger partial charge >= 0.3 is 0 Å². The lowest BCUT2D eigenvalue weighted by Crippen LogP contribution is -2.29. The van der Waals surface area contributed by atoms with E-state index in [-0.39, 0.29) is 11.2 Å². The molecule has 184 valence electrons. The van der Waals surface area contributed by atoms with Crippen LogP contribution in [0.1, 0.15) is 38.9 Å². The number of fused-ring (bicyclic) bond motifs is 2. The molecule has 0 saturated carbocycles. The van der Waals surface area contributed by atoms with Crippen LogP contribution in [-0.4, -0.2) is 23.2 Å². The van der Waals surface area contributed by atoms with Crippen molar-refractivity contribution >= 4 is 45.1 Å². The fourth-order valence-electron chi connectivity index (χ4n) is 4.46. The van der Waals surface area contributed by atoms with Crippen molar-refractivity contribution in [1.82, 2.24) is 10.2 Å². The van der Waals surface area contributed by atoms with Crippen LogP contribution in [0.15, 0.2) is 86.3 Å². The van der Waals surface area contributed by atoms with Crippen LogP contribution in [-0.2, 0) is 5.75 Å². The Morgan fingerprint density at radius 3 is 2.57 bits per heavy atom. The summed E-state index contributed by atoms with van der Waals surface area (Å²) in [5, 5.41) is 9.53. The maximum Gasteiger partial charge on any atom is 0.297 e. The SMILES string of the molecule is COc1ccc([C@H]2c3c(oc4ccc(C)cc4c3=O)C(=O)N2c2nnc(SCc3ccccc3)s2)cc1. The molecule has 1 amide bonds. The maximum absolute atomic E-state index is 13.8. The Bertz CT molecular complexity index is 1680. The molecule has 5 aromatic rings. The number of rotatable bonds is 6.